The third-order valence-corrected chi connectivity index (χ3v) is 7.22. The Balaban J connectivity index is 1.56. The lowest BCUT2D eigenvalue weighted by atomic mass is 10.2. The molecule has 29 heavy (non-hydrogen) atoms. The monoisotopic (exact) mass is 474 g/mol. The highest BCUT2D eigenvalue weighted by atomic mass is 79.9. The van der Waals surface area contributed by atoms with E-state index in [1.54, 1.807) is 28.9 Å². The van der Waals surface area contributed by atoms with E-state index >= 15 is 0 Å². The summed E-state index contributed by atoms with van der Waals surface area (Å²) in [6, 6.07) is 14.5. The van der Waals surface area contributed by atoms with Crippen LogP contribution < -0.4 is 9.62 Å². The fraction of sp³-hybridized carbons (Fsp3) is 0.200. The Bertz CT molecular complexity index is 1170. The van der Waals surface area contributed by atoms with Crippen molar-refractivity contribution in [3.05, 3.63) is 70.5 Å². The number of halogens is 1. The van der Waals surface area contributed by atoms with Gasteiger partial charge in [0.25, 0.3) is 5.91 Å². The number of rotatable bonds is 4. The van der Waals surface area contributed by atoms with Gasteiger partial charge in [0.2, 0.25) is 10.0 Å². The van der Waals surface area contributed by atoms with Crippen LogP contribution in [0.3, 0.4) is 0 Å². The van der Waals surface area contributed by atoms with E-state index in [0.29, 0.717) is 35.6 Å². The Morgan fingerprint density at radius 3 is 2.59 bits per heavy atom. The normalized spacial score (nSPS) is 15.4. The van der Waals surface area contributed by atoms with E-state index in [-0.39, 0.29) is 11.7 Å². The van der Waals surface area contributed by atoms with Gasteiger partial charge in [-0.05, 0) is 55.8 Å². The number of anilines is 2. The summed E-state index contributed by atoms with van der Waals surface area (Å²) in [6.45, 7) is 2.29. The van der Waals surface area contributed by atoms with Gasteiger partial charge in [0.15, 0.2) is 0 Å². The molecule has 2 heterocycles. The summed E-state index contributed by atoms with van der Waals surface area (Å²) < 4.78 is 28.3. The number of carbonyl (C=O) groups excluding carboxylic acids is 1. The third kappa shape index (κ3) is 3.92. The molecule has 4 rings (SSSR count). The van der Waals surface area contributed by atoms with Crippen LogP contribution in [0.25, 0.3) is 5.69 Å². The molecular formula is C20H19BrN4O3S. The van der Waals surface area contributed by atoms with Crippen molar-refractivity contribution in [3.63, 3.8) is 0 Å². The lowest BCUT2D eigenvalue weighted by molar-refractivity contribution is 0.102. The molecule has 1 aliphatic rings. The first-order valence-electron chi connectivity index (χ1n) is 9.07. The molecule has 3 aromatic rings. The molecule has 150 valence electrons. The van der Waals surface area contributed by atoms with Gasteiger partial charge in [-0.15, -0.1) is 0 Å². The number of aromatic nitrogens is 2. The lowest BCUT2D eigenvalue weighted by Gasteiger charge is -2.17. The number of nitrogens with zero attached hydrogens (tertiary/aromatic N) is 3. The van der Waals surface area contributed by atoms with Crippen molar-refractivity contribution >= 4 is 43.2 Å². The Kier molecular flexibility index (Phi) is 5.18. The number of carbonyl (C=O) groups is 1. The van der Waals surface area contributed by atoms with Gasteiger partial charge in [-0.2, -0.15) is 5.10 Å². The molecule has 1 aromatic heterocycles. The summed E-state index contributed by atoms with van der Waals surface area (Å²) >= 11 is 3.40. The molecule has 1 fully saturated rings. The van der Waals surface area contributed by atoms with Crippen LogP contribution >= 0.6 is 15.9 Å². The van der Waals surface area contributed by atoms with Crippen LogP contribution in [-0.2, 0) is 10.0 Å². The van der Waals surface area contributed by atoms with Crippen molar-refractivity contribution in [2.45, 2.75) is 13.3 Å². The van der Waals surface area contributed by atoms with Gasteiger partial charge in [0, 0.05) is 16.7 Å². The maximum Gasteiger partial charge on any atom is 0.259 e. The molecule has 1 N–H and O–H groups in total. The zero-order chi connectivity index (χ0) is 20.6. The van der Waals surface area contributed by atoms with Crippen molar-refractivity contribution in [2.24, 2.45) is 0 Å². The van der Waals surface area contributed by atoms with Crippen LogP contribution in [0, 0.1) is 6.92 Å². The molecule has 1 amide bonds. The number of nitrogens with one attached hydrogen (secondary N) is 1. The summed E-state index contributed by atoms with van der Waals surface area (Å²) in [5, 5.41) is 7.17. The van der Waals surface area contributed by atoms with Gasteiger partial charge in [0.1, 0.15) is 0 Å². The van der Waals surface area contributed by atoms with Crippen LogP contribution in [0.2, 0.25) is 0 Å². The molecule has 0 radical (unpaired) electrons. The smallest absolute Gasteiger partial charge is 0.259 e. The topological polar surface area (TPSA) is 84.3 Å². The molecule has 2 aromatic carbocycles. The predicted molar refractivity (Wildman–Crippen MR) is 116 cm³/mol. The first kappa shape index (κ1) is 19.7. The van der Waals surface area contributed by atoms with Crippen molar-refractivity contribution in [2.75, 3.05) is 21.9 Å². The van der Waals surface area contributed by atoms with E-state index in [2.05, 4.69) is 26.3 Å². The standard InChI is InChI=1S/C20H19BrN4O3S/c1-14-19(13-22-25(14)17-8-6-15(21)7-9-17)20(26)23-16-4-2-5-18(12-16)24-10-3-11-29(24,27)28/h2,4-9,12-13H,3,10-11H2,1H3,(H,23,26). The second-order valence-corrected chi connectivity index (χ2v) is 9.71. The SMILES string of the molecule is Cc1c(C(=O)Nc2cccc(N3CCCS3(=O)=O)c2)cnn1-c1ccc(Br)cc1. The first-order valence-corrected chi connectivity index (χ1v) is 11.5. The van der Waals surface area contributed by atoms with Gasteiger partial charge in [-0.25, -0.2) is 13.1 Å². The summed E-state index contributed by atoms with van der Waals surface area (Å²) in [6.07, 6.45) is 2.13. The maximum atomic E-state index is 12.8. The molecule has 1 aliphatic heterocycles. The quantitative estimate of drug-likeness (QED) is 0.623. The molecule has 7 nitrogen and oxygen atoms in total. The Morgan fingerprint density at radius 2 is 1.90 bits per heavy atom. The number of hydrogen-bond donors (Lipinski definition) is 1. The minimum atomic E-state index is -3.27. The minimum Gasteiger partial charge on any atom is -0.322 e. The third-order valence-electron chi connectivity index (χ3n) is 4.82. The second-order valence-electron chi connectivity index (χ2n) is 6.78. The molecule has 0 unspecified atom stereocenters. The molecule has 0 bridgehead atoms. The first-order chi connectivity index (χ1) is 13.8. The van der Waals surface area contributed by atoms with Gasteiger partial charge >= 0.3 is 0 Å². The van der Waals surface area contributed by atoms with Crippen LogP contribution in [0.1, 0.15) is 22.5 Å². The Hall–Kier alpha value is -2.65. The maximum absolute atomic E-state index is 12.8. The van der Waals surface area contributed by atoms with Crippen molar-refractivity contribution < 1.29 is 13.2 Å². The number of benzene rings is 2. The molecule has 1 saturated heterocycles. The van der Waals surface area contributed by atoms with Crippen LogP contribution in [0.4, 0.5) is 11.4 Å². The highest BCUT2D eigenvalue weighted by Crippen LogP contribution is 2.27. The summed E-state index contributed by atoms with van der Waals surface area (Å²) in [5.41, 5.74) is 3.11. The van der Waals surface area contributed by atoms with Gasteiger partial charge in [-0.1, -0.05) is 22.0 Å². The fourth-order valence-electron chi connectivity index (χ4n) is 3.34. The molecule has 0 saturated carbocycles. The van der Waals surface area contributed by atoms with E-state index in [4.69, 9.17) is 0 Å². The number of hydrogen-bond acceptors (Lipinski definition) is 4. The zero-order valence-electron chi connectivity index (χ0n) is 15.7. The summed E-state index contributed by atoms with van der Waals surface area (Å²) in [7, 11) is -3.27. The minimum absolute atomic E-state index is 0.151. The molecule has 0 atom stereocenters. The van der Waals surface area contributed by atoms with E-state index < -0.39 is 10.0 Å². The Morgan fingerprint density at radius 1 is 1.14 bits per heavy atom. The van der Waals surface area contributed by atoms with Crippen LogP contribution in [0.15, 0.2) is 59.2 Å². The molecule has 0 aliphatic carbocycles. The second kappa shape index (κ2) is 7.64. The van der Waals surface area contributed by atoms with E-state index in [1.165, 1.54) is 10.5 Å². The lowest BCUT2D eigenvalue weighted by Crippen LogP contribution is -2.25. The molecular weight excluding hydrogens is 456 g/mol. The van der Waals surface area contributed by atoms with Gasteiger partial charge in [0.05, 0.1) is 34.6 Å². The number of sulfonamides is 1. The highest BCUT2D eigenvalue weighted by Gasteiger charge is 2.28. The van der Waals surface area contributed by atoms with Crippen LogP contribution in [0.5, 0.6) is 0 Å². The Labute approximate surface area is 177 Å². The highest BCUT2D eigenvalue weighted by molar-refractivity contribution is 9.10. The van der Waals surface area contributed by atoms with Crippen molar-refractivity contribution in [3.8, 4) is 5.69 Å². The van der Waals surface area contributed by atoms with E-state index in [1.807, 2.05) is 31.2 Å². The van der Waals surface area contributed by atoms with E-state index in [0.717, 1.165) is 10.2 Å². The zero-order valence-corrected chi connectivity index (χ0v) is 18.1. The largest absolute Gasteiger partial charge is 0.322 e. The van der Waals surface area contributed by atoms with Gasteiger partial charge < -0.3 is 5.32 Å². The predicted octanol–water partition coefficient (Wildman–Crippen LogP) is 3.74. The number of amides is 1. The average molecular weight is 475 g/mol. The van der Waals surface area contributed by atoms with Crippen molar-refractivity contribution in [1.82, 2.24) is 9.78 Å². The molecule has 0 spiro atoms. The van der Waals surface area contributed by atoms with Crippen molar-refractivity contribution in [1.29, 1.82) is 0 Å². The van der Waals surface area contributed by atoms with Crippen LogP contribution in [-0.4, -0.2) is 36.4 Å². The van der Waals surface area contributed by atoms with E-state index in [9.17, 15) is 13.2 Å². The molecule has 9 heteroatoms. The van der Waals surface area contributed by atoms with Gasteiger partial charge in [-0.3, -0.25) is 9.10 Å². The summed E-state index contributed by atoms with van der Waals surface area (Å²) in [5.74, 6) is -0.148. The average Bonchev–Trinajstić information content (AvgIpc) is 3.24. The fourth-order valence-corrected chi connectivity index (χ4v) is 5.16. The summed E-state index contributed by atoms with van der Waals surface area (Å²) in [4.78, 5) is 12.8.